The largest absolute Gasteiger partial charge is 0.388 e. The number of aromatic amines is 6. The molecule has 44 heteroatoms. The van der Waals surface area contributed by atoms with Gasteiger partial charge < -0.3 is 99.2 Å². The highest BCUT2D eigenvalue weighted by molar-refractivity contribution is 7.85. The maximum Gasteiger partial charge on any atom is 0.326 e. The topological polar surface area (TPSA) is 520 Å². The third-order valence-electron chi connectivity index (χ3n) is 19.3. The number of carbonyl (C=O) groups excluding carboxylic acids is 1. The zero-order chi connectivity index (χ0) is 86.0. The van der Waals surface area contributed by atoms with Crippen LogP contribution in [0.25, 0.3) is 0 Å². The monoisotopic (exact) mass is 1800 g/mol. The summed E-state index contributed by atoms with van der Waals surface area (Å²) < 4.78 is 63.0. The third kappa shape index (κ3) is 29.5. The average Bonchev–Trinajstić information content (AvgIpc) is 1.59. The second-order valence-electron chi connectivity index (χ2n) is 32.9. The van der Waals surface area contributed by atoms with E-state index in [0.29, 0.717) is 53.6 Å². The van der Waals surface area contributed by atoms with Crippen molar-refractivity contribution in [3.8, 4) is 0 Å². The predicted molar refractivity (Wildman–Crippen MR) is 467 cm³/mol. The number of amides is 2. The molecule has 6 aliphatic heterocycles. The van der Waals surface area contributed by atoms with Crippen LogP contribution in [0.15, 0.2) is 55.7 Å². The van der Waals surface area contributed by atoms with Gasteiger partial charge in [0, 0.05) is 69.3 Å². The van der Waals surface area contributed by atoms with Crippen molar-refractivity contribution in [3.63, 3.8) is 0 Å². The minimum absolute atomic E-state index is 0.0137. The Balaban J connectivity index is 0.000000223. The standard InChI is InChI=1S/C16H30N3O7PS.2C14H23N2O4PS.2C13H21N2O4PS/c1-27(2,3)6-4-12-13(20)14(21)15(26-12)11-8-18-16(22)19(9-11)10-17-5-7-28(23,24)25;1-16-7-8(13(22)15-14(16)19)12-11(18)10(17)9(20-12)5-6-21(2,3)4;1-16-7-8(13(19)15-14(16)22)12-11(18)10(17)9(20-12)5-6-21(2,3)4;1-20(2,3)5-4-8-9(16)10(17)11(19-8)7-6-14-13(18)15-12(7)21;1-20(2,3)5-4-8-9(16)10(17)11(19-8)7-6-14-13(21)15-12(7)18/h9,12-15,17,20-21H,1,4-8,10H2,2-3H3,(H,18,22)(H,23,24,25);2*7,9-12,17-18H,2,5-6H2,1,3-4H3,(H,15,19,22);2*6,8-11,16-17H,1,4-5H2,2-3H3,(H2,14,15,18,21)/t12-,13-,14-,15+;2*9-,10-,11-,12+;2*8-,9-,10-,11+/m11111/s1. The first-order valence-electron chi connectivity index (χ1n) is 36.5. The van der Waals surface area contributed by atoms with Gasteiger partial charge in [-0.3, -0.25) is 44.3 Å². The van der Waals surface area contributed by atoms with Gasteiger partial charge in [-0.1, -0.05) is 24.4 Å². The van der Waals surface area contributed by atoms with Crippen LogP contribution >= 0.6 is 83.3 Å². The minimum atomic E-state index is -4.08. The minimum Gasteiger partial charge on any atom is -0.388 e. The highest BCUT2D eigenvalue weighted by Crippen LogP contribution is 2.45. The van der Waals surface area contributed by atoms with Crippen LogP contribution in [0, 0.1) is 18.8 Å². The second-order valence-corrected chi connectivity index (χ2v) is 57.6. The summed E-state index contributed by atoms with van der Waals surface area (Å²) >= 11 is 20.0. The first-order valence-corrected chi connectivity index (χ1v) is 55.1. The van der Waals surface area contributed by atoms with Crippen LogP contribution in [0.2, 0.25) is 0 Å². The molecule has 0 aromatic carbocycles. The van der Waals surface area contributed by atoms with Crippen molar-refractivity contribution in [2.75, 3.05) is 123 Å². The van der Waals surface area contributed by atoms with Crippen LogP contribution in [0.4, 0.5) is 4.79 Å². The molecular formula is C70H118N11O23P5S5. The number of aliphatic hydroxyl groups is 10. The van der Waals surface area contributed by atoms with Gasteiger partial charge in [-0.25, -0.2) is 14.4 Å². The number of H-pyrrole nitrogens is 6. The fourth-order valence-corrected chi connectivity index (χ4v) is 18.8. The highest BCUT2D eigenvalue weighted by Gasteiger charge is 2.49. The Bertz CT molecular complexity index is 4650. The summed E-state index contributed by atoms with van der Waals surface area (Å²) in [7, 11) is -0.794. The molecule has 10 rings (SSSR count). The van der Waals surface area contributed by atoms with Crippen molar-refractivity contribution in [2.45, 2.75) is 154 Å². The number of nitrogens with one attached hydrogen (secondary N) is 8. The van der Waals surface area contributed by atoms with E-state index in [0.717, 1.165) is 30.8 Å². The molecule has 114 heavy (non-hydrogen) atoms. The number of carbonyl (C=O) groups is 1. The SMILES string of the molecule is C=P(C)(C)CC[C@H]1O[C@@H](C2=CN(CNCCS(=O)(=O)O)C(=O)NC2)[C@H](O)[C@@H]1O.C=P(C)(C)CC[C@H]1O[C@@H](c2c[nH]c(=O)[nH]c2=S)[C@H](O)[C@@H]1O.C=P(C)(C)CC[C@H]1O[C@@H](c2c[nH]c(=S)[nH]c2=O)[C@H](O)[C@@H]1O.C=P(C)(C)CC[C@H]1O[C@@H](c2cn(C)c(=O)[nH]c2=S)[C@H](O)[C@@H]1O.C=P(C)(C)CC[C@H]1O[C@@H](c2cn(C)c(=S)[nH]c2=O)[C@H](O)[C@@H]1O. The van der Waals surface area contributed by atoms with E-state index in [9.17, 15) is 83.5 Å². The Morgan fingerprint density at radius 1 is 0.474 bits per heavy atom. The summed E-state index contributed by atoms with van der Waals surface area (Å²) in [5, 5.41) is 108. The van der Waals surface area contributed by atoms with Gasteiger partial charge in [-0.15, -0.1) is 65.9 Å². The molecule has 19 N–H and O–H groups in total. The first kappa shape index (κ1) is 99.0. The van der Waals surface area contributed by atoms with Crippen molar-refractivity contribution in [1.29, 1.82) is 0 Å². The van der Waals surface area contributed by atoms with Crippen LogP contribution in [0.1, 0.15) is 78.8 Å². The van der Waals surface area contributed by atoms with E-state index in [1.807, 2.05) is 0 Å². The Labute approximate surface area is 684 Å². The highest BCUT2D eigenvalue weighted by atomic mass is 32.2. The molecule has 2 amide bonds. The lowest BCUT2D eigenvalue weighted by Crippen LogP contribution is -2.48. The number of hydrogen-bond acceptors (Lipinski definition) is 27. The fourth-order valence-electron chi connectivity index (χ4n) is 12.8. The molecule has 6 aliphatic rings. The Hall–Kier alpha value is -3.82. The molecule has 0 radical (unpaired) electrons. The molecule has 0 spiro atoms. The fraction of sp³-hybridized carbons (Fsp3) is 0.657. The Morgan fingerprint density at radius 2 is 0.825 bits per heavy atom. The van der Waals surface area contributed by atoms with Crippen LogP contribution < -0.4 is 33.1 Å². The molecule has 20 atom stereocenters. The quantitative estimate of drug-likeness (QED) is 0.0194. The van der Waals surface area contributed by atoms with Crippen molar-refractivity contribution in [3.05, 3.63) is 119 Å². The Morgan fingerprint density at radius 3 is 1.22 bits per heavy atom. The maximum atomic E-state index is 12.0. The molecule has 646 valence electrons. The average molecular weight is 1800 g/mol. The molecule has 0 saturated carbocycles. The molecule has 0 aliphatic carbocycles. The van der Waals surface area contributed by atoms with Gasteiger partial charge in [0.2, 0.25) is 0 Å². The molecule has 10 heterocycles. The van der Waals surface area contributed by atoms with E-state index in [-0.39, 0.29) is 50.6 Å². The Kier molecular flexibility index (Phi) is 36.2. The lowest BCUT2D eigenvalue weighted by Gasteiger charge is -2.29. The molecule has 4 aromatic heterocycles. The molecule has 34 nitrogen and oxygen atoms in total. The number of aromatic nitrogens is 8. The lowest BCUT2D eigenvalue weighted by atomic mass is 10.0. The number of hydrogen-bond donors (Lipinski definition) is 19. The molecular weight excluding hydrogens is 1680 g/mol. The molecule has 0 bridgehead atoms. The third-order valence-corrected chi connectivity index (χ3v) is 28.7. The molecule has 0 unspecified atom stereocenters. The number of rotatable bonds is 25. The maximum absolute atomic E-state index is 12.0. The summed E-state index contributed by atoms with van der Waals surface area (Å²) in [5.41, 5.74) is 0.533. The van der Waals surface area contributed by atoms with E-state index in [1.165, 1.54) is 28.1 Å². The predicted octanol–water partition coefficient (Wildman–Crippen LogP) is 1.71. The van der Waals surface area contributed by atoms with Gasteiger partial charge in [0.1, 0.15) is 101 Å². The van der Waals surface area contributed by atoms with Gasteiger partial charge in [0.05, 0.1) is 54.1 Å². The van der Waals surface area contributed by atoms with Crippen LogP contribution in [-0.4, -0.2) is 366 Å². The van der Waals surface area contributed by atoms with E-state index < -0.39 is 195 Å². The number of aryl methyl sites for hydroxylation is 2. The number of aliphatic hydroxyl groups excluding tert-OH is 10. The van der Waals surface area contributed by atoms with Gasteiger partial charge in [0.25, 0.3) is 21.2 Å². The smallest absolute Gasteiger partial charge is 0.326 e. The summed E-state index contributed by atoms with van der Waals surface area (Å²) in [5.74, 6) is -0.470. The normalized spacial score (nSPS) is 29.2. The summed E-state index contributed by atoms with van der Waals surface area (Å²) in [6.07, 6.45) is 18.7. The van der Waals surface area contributed by atoms with E-state index in [4.69, 9.17) is 77.1 Å². The van der Waals surface area contributed by atoms with Crippen LogP contribution in [-0.2, 0) is 47.9 Å². The van der Waals surface area contributed by atoms with Crippen molar-refractivity contribution >= 4 is 131 Å². The second kappa shape index (κ2) is 41.6. The zero-order valence-corrected chi connectivity index (χ0v) is 74.9. The first-order chi connectivity index (χ1) is 52.4. The number of urea groups is 1. The van der Waals surface area contributed by atoms with Crippen LogP contribution in [0.5, 0.6) is 0 Å². The number of ether oxygens (including phenoxy) is 5. The lowest BCUT2D eigenvalue weighted by molar-refractivity contribution is 0.00500. The van der Waals surface area contributed by atoms with E-state index >= 15 is 0 Å². The van der Waals surface area contributed by atoms with Gasteiger partial charge in [-0.05, 0) is 160 Å². The number of nitrogens with zero attached hydrogens (tertiary/aromatic N) is 3. The van der Waals surface area contributed by atoms with Gasteiger partial charge >= 0.3 is 17.4 Å². The van der Waals surface area contributed by atoms with Crippen molar-refractivity contribution in [1.82, 2.24) is 54.6 Å². The molecule has 5 saturated heterocycles. The summed E-state index contributed by atoms with van der Waals surface area (Å²) in [6.45, 7) is 15.0. The summed E-state index contributed by atoms with van der Waals surface area (Å²) in [4.78, 5) is 75.0. The van der Waals surface area contributed by atoms with E-state index in [2.05, 4.69) is 139 Å². The zero-order valence-electron chi connectivity index (χ0n) is 66.3. The van der Waals surface area contributed by atoms with Crippen molar-refractivity contribution in [2.24, 2.45) is 14.1 Å². The van der Waals surface area contributed by atoms with Crippen LogP contribution in [0.3, 0.4) is 0 Å². The van der Waals surface area contributed by atoms with E-state index in [1.54, 1.807) is 31.1 Å². The molecule has 5 fully saturated rings. The summed E-state index contributed by atoms with van der Waals surface area (Å²) in [6, 6.07) is -0.392. The molecule has 4 aromatic rings. The van der Waals surface area contributed by atoms with Crippen molar-refractivity contribution < 1.29 is 92.5 Å². The van der Waals surface area contributed by atoms with Gasteiger partial charge in [0.15, 0.2) is 9.54 Å². The van der Waals surface area contributed by atoms with Gasteiger partial charge in [-0.2, -0.15) is 8.42 Å².